The van der Waals surface area contributed by atoms with E-state index in [2.05, 4.69) is 14.9 Å². The average Bonchev–Trinajstić information content (AvgIpc) is 3.03. The molecule has 6 heteroatoms. The molecule has 26 heavy (non-hydrogen) atoms. The Hall–Kier alpha value is -3.15. The van der Waals surface area contributed by atoms with E-state index < -0.39 is 0 Å². The van der Waals surface area contributed by atoms with Crippen LogP contribution in [0.15, 0.2) is 60.8 Å². The Morgan fingerprint density at radius 1 is 1.15 bits per heavy atom. The lowest BCUT2D eigenvalue weighted by Crippen LogP contribution is -2.31. The minimum absolute atomic E-state index is 0.111. The molecule has 1 N–H and O–H groups in total. The number of hydrogen-bond donors (Lipinski definition) is 1. The van der Waals surface area contributed by atoms with Gasteiger partial charge in [-0.15, -0.1) is 0 Å². The number of amides is 1. The molecule has 0 aliphatic carbocycles. The van der Waals surface area contributed by atoms with Crippen LogP contribution in [0.3, 0.4) is 0 Å². The molecule has 0 aliphatic heterocycles. The first-order chi connectivity index (χ1) is 12.6. The van der Waals surface area contributed by atoms with Gasteiger partial charge in [0.25, 0.3) is 5.91 Å². The number of nitrogens with one attached hydrogen (secondary N) is 1. The van der Waals surface area contributed by atoms with Crippen molar-refractivity contribution < 1.29 is 13.9 Å². The predicted molar refractivity (Wildman–Crippen MR) is 97.3 cm³/mol. The molecule has 0 saturated carbocycles. The topological polar surface area (TPSA) is 56.2 Å². The number of nitrogens with zero attached hydrogens (tertiary/aromatic N) is 2. The lowest BCUT2D eigenvalue weighted by Gasteiger charge is -2.12. The molecule has 2 aromatic carbocycles. The lowest BCUT2D eigenvalue weighted by atomic mass is 10.2. The van der Waals surface area contributed by atoms with E-state index >= 15 is 0 Å². The highest BCUT2D eigenvalue weighted by atomic mass is 19.1. The molecule has 3 rings (SSSR count). The van der Waals surface area contributed by atoms with Gasteiger partial charge in [0.1, 0.15) is 17.4 Å². The van der Waals surface area contributed by atoms with Crippen LogP contribution in [0.2, 0.25) is 0 Å². The summed E-state index contributed by atoms with van der Waals surface area (Å²) in [4.78, 5) is 16.4. The molecule has 0 aliphatic rings. The third kappa shape index (κ3) is 4.47. The van der Waals surface area contributed by atoms with Crippen LogP contribution in [-0.4, -0.2) is 28.6 Å². The van der Waals surface area contributed by atoms with Crippen molar-refractivity contribution in [3.8, 4) is 17.1 Å². The fourth-order valence-corrected chi connectivity index (χ4v) is 2.60. The van der Waals surface area contributed by atoms with Crippen molar-refractivity contribution in [3.05, 3.63) is 72.3 Å². The van der Waals surface area contributed by atoms with E-state index in [1.807, 2.05) is 43.5 Å². The summed E-state index contributed by atoms with van der Waals surface area (Å²) in [5, 5.41) is 2.82. The van der Waals surface area contributed by atoms with Crippen molar-refractivity contribution in [2.75, 3.05) is 13.2 Å². The highest BCUT2D eigenvalue weighted by Crippen LogP contribution is 2.18. The molecule has 0 saturated heterocycles. The van der Waals surface area contributed by atoms with Crippen molar-refractivity contribution in [3.63, 3.8) is 0 Å². The van der Waals surface area contributed by atoms with Crippen LogP contribution in [0.1, 0.15) is 5.69 Å². The Balaban J connectivity index is 1.51. The van der Waals surface area contributed by atoms with Gasteiger partial charge >= 0.3 is 0 Å². The largest absolute Gasteiger partial charge is 0.484 e. The molecule has 5 nitrogen and oxygen atoms in total. The second kappa shape index (κ2) is 8.29. The van der Waals surface area contributed by atoms with Crippen LogP contribution < -0.4 is 10.1 Å². The van der Waals surface area contributed by atoms with E-state index in [0.29, 0.717) is 18.8 Å². The summed E-state index contributed by atoms with van der Waals surface area (Å²) in [6.45, 7) is 2.94. The molecule has 1 aromatic heterocycles. The third-order valence-corrected chi connectivity index (χ3v) is 3.93. The lowest BCUT2D eigenvalue weighted by molar-refractivity contribution is -0.123. The monoisotopic (exact) mass is 353 g/mol. The van der Waals surface area contributed by atoms with Gasteiger partial charge < -0.3 is 14.6 Å². The minimum Gasteiger partial charge on any atom is -0.484 e. The average molecular weight is 353 g/mol. The molecule has 0 bridgehead atoms. The molecule has 0 atom stereocenters. The number of halogens is 1. The van der Waals surface area contributed by atoms with E-state index in [4.69, 9.17) is 4.74 Å². The van der Waals surface area contributed by atoms with Crippen LogP contribution in [0.4, 0.5) is 4.39 Å². The van der Waals surface area contributed by atoms with Crippen molar-refractivity contribution in [2.45, 2.75) is 13.5 Å². The minimum atomic E-state index is -0.341. The first kappa shape index (κ1) is 17.7. The molecular formula is C20H20FN3O2. The van der Waals surface area contributed by atoms with E-state index in [9.17, 15) is 9.18 Å². The van der Waals surface area contributed by atoms with Crippen LogP contribution in [-0.2, 0) is 11.3 Å². The zero-order valence-corrected chi connectivity index (χ0v) is 14.5. The number of ether oxygens (including phenoxy) is 1. The first-order valence-corrected chi connectivity index (χ1v) is 8.36. The molecule has 134 valence electrons. The van der Waals surface area contributed by atoms with Gasteiger partial charge in [0.2, 0.25) is 0 Å². The highest BCUT2D eigenvalue weighted by molar-refractivity contribution is 5.77. The number of rotatable bonds is 7. The normalized spacial score (nSPS) is 10.5. The smallest absolute Gasteiger partial charge is 0.258 e. The Morgan fingerprint density at radius 2 is 1.88 bits per heavy atom. The molecule has 1 heterocycles. The predicted octanol–water partition coefficient (Wildman–Crippen LogP) is 3.19. The molecule has 3 aromatic rings. The maximum absolute atomic E-state index is 12.8. The zero-order valence-electron chi connectivity index (χ0n) is 14.5. The summed E-state index contributed by atoms with van der Waals surface area (Å²) in [7, 11) is 0. The van der Waals surface area contributed by atoms with Crippen LogP contribution >= 0.6 is 0 Å². The number of carbonyl (C=O) groups is 1. The van der Waals surface area contributed by atoms with Crippen LogP contribution in [0.25, 0.3) is 11.4 Å². The second-order valence-electron chi connectivity index (χ2n) is 5.83. The van der Waals surface area contributed by atoms with Gasteiger partial charge in [0.05, 0.1) is 0 Å². The molecule has 0 radical (unpaired) electrons. The maximum Gasteiger partial charge on any atom is 0.258 e. The van der Waals surface area contributed by atoms with Crippen molar-refractivity contribution in [2.24, 2.45) is 0 Å². The van der Waals surface area contributed by atoms with Crippen LogP contribution in [0, 0.1) is 12.7 Å². The van der Waals surface area contributed by atoms with E-state index in [-0.39, 0.29) is 18.3 Å². The molecule has 0 unspecified atom stereocenters. The van der Waals surface area contributed by atoms with Crippen LogP contribution in [0.5, 0.6) is 5.75 Å². The zero-order chi connectivity index (χ0) is 18.4. The number of benzene rings is 2. The van der Waals surface area contributed by atoms with Gasteiger partial charge in [-0.2, -0.15) is 0 Å². The van der Waals surface area contributed by atoms with E-state index in [0.717, 1.165) is 17.1 Å². The summed E-state index contributed by atoms with van der Waals surface area (Å²) in [5.74, 6) is 0.762. The van der Waals surface area contributed by atoms with Gasteiger partial charge in [-0.05, 0) is 31.2 Å². The Bertz CT molecular complexity index is 861. The number of aromatic nitrogens is 2. The molecular weight excluding hydrogens is 333 g/mol. The standard InChI is InChI=1S/C20H20FN3O2/c1-15-13-23-20(16-5-3-2-4-6-16)24(15)12-11-22-19(25)14-26-18-9-7-17(21)8-10-18/h2-10,13H,11-12,14H2,1H3,(H,22,25). The quantitative estimate of drug-likeness (QED) is 0.710. The Morgan fingerprint density at radius 3 is 2.62 bits per heavy atom. The maximum atomic E-state index is 12.8. The molecule has 0 spiro atoms. The van der Waals surface area contributed by atoms with Gasteiger partial charge in [-0.3, -0.25) is 4.79 Å². The highest BCUT2D eigenvalue weighted by Gasteiger charge is 2.09. The fraction of sp³-hybridized carbons (Fsp3) is 0.200. The number of carbonyl (C=O) groups excluding carboxylic acids is 1. The third-order valence-electron chi connectivity index (χ3n) is 3.93. The Kier molecular flexibility index (Phi) is 5.63. The van der Waals surface area contributed by atoms with Crippen molar-refractivity contribution in [1.29, 1.82) is 0 Å². The summed E-state index contributed by atoms with van der Waals surface area (Å²) in [5.41, 5.74) is 2.06. The summed E-state index contributed by atoms with van der Waals surface area (Å²) in [6, 6.07) is 15.5. The molecule has 1 amide bonds. The van der Waals surface area contributed by atoms with Gasteiger partial charge in [-0.1, -0.05) is 30.3 Å². The second-order valence-corrected chi connectivity index (χ2v) is 5.83. The summed E-state index contributed by atoms with van der Waals surface area (Å²) < 4.78 is 20.2. The van der Waals surface area contributed by atoms with Gasteiger partial charge in [0.15, 0.2) is 6.61 Å². The van der Waals surface area contributed by atoms with E-state index in [1.54, 1.807) is 0 Å². The Labute approximate surface area is 151 Å². The first-order valence-electron chi connectivity index (χ1n) is 8.36. The summed E-state index contributed by atoms with van der Waals surface area (Å²) >= 11 is 0. The fourth-order valence-electron chi connectivity index (χ4n) is 2.60. The summed E-state index contributed by atoms with van der Waals surface area (Å²) in [6.07, 6.45) is 1.82. The number of hydrogen-bond acceptors (Lipinski definition) is 3. The number of imidazole rings is 1. The number of aryl methyl sites for hydroxylation is 1. The van der Waals surface area contributed by atoms with Gasteiger partial charge in [0, 0.05) is 30.5 Å². The van der Waals surface area contributed by atoms with Gasteiger partial charge in [-0.25, -0.2) is 9.37 Å². The van der Waals surface area contributed by atoms with Crippen molar-refractivity contribution >= 4 is 5.91 Å². The van der Waals surface area contributed by atoms with E-state index in [1.165, 1.54) is 24.3 Å². The van der Waals surface area contributed by atoms with Crippen molar-refractivity contribution in [1.82, 2.24) is 14.9 Å². The molecule has 0 fully saturated rings. The SMILES string of the molecule is Cc1cnc(-c2ccccc2)n1CCNC(=O)COc1ccc(F)cc1.